The summed E-state index contributed by atoms with van der Waals surface area (Å²) in [5.74, 6) is 6.30. The van der Waals surface area contributed by atoms with Gasteiger partial charge in [0.2, 0.25) is 0 Å². The molecule has 0 radical (unpaired) electrons. The molecule has 0 aromatic heterocycles. The fourth-order valence-corrected chi connectivity index (χ4v) is 9.36. The number of unbranched alkanes of at least 4 members (excludes halogenated alkanes) is 3. The Morgan fingerprint density at radius 2 is 1.59 bits per heavy atom. The molecule has 0 nitrogen and oxygen atoms in total. The second kappa shape index (κ2) is 8.02. The molecule has 0 N–H and O–H groups in total. The standard InChI is InChI=1S/C27H48/c1-5-6-7-8-11-20(2)23-15-16-24-22-14-13-21-12-9-10-18-26(21,3)25(22)17-19-27(23,24)4/h20-25H,5-19H2,1-4H3. The number of rotatable bonds is 6. The van der Waals surface area contributed by atoms with Crippen LogP contribution in [0.4, 0.5) is 0 Å². The molecule has 8 atom stereocenters. The fourth-order valence-electron chi connectivity index (χ4n) is 9.36. The maximum atomic E-state index is 2.75. The predicted molar refractivity (Wildman–Crippen MR) is 118 cm³/mol. The van der Waals surface area contributed by atoms with Crippen LogP contribution < -0.4 is 0 Å². The van der Waals surface area contributed by atoms with Crippen LogP contribution in [0.1, 0.15) is 124 Å². The highest BCUT2D eigenvalue weighted by molar-refractivity contribution is 5.09. The van der Waals surface area contributed by atoms with E-state index in [0.29, 0.717) is 10.8 Å². The van der Waals surface area contributed by atoms with E-state index in [2.05, 4.69) is 27.7 Å². The lowest BCUT2D eigenvalue weighted by Crippen LogP contribution is -2.53. The molecule has 0 bridgehead atoms. The van der Waals surface area contributed by atoms with Gasteiger partial charge < -0.3 is 0 Å². The summed E-state index contributed by atoms with van der Waals surface area (Å²) in [7, 11) is 0. The molecular weight excluding hydrogens is 324 g/mol. The minimum absolute atomic E-state index is 0.684. The molecule has 0 amide bonds. The van der Waals surface area contributed by atoms with Crippen LogP contribution in [0.15, 0.2) is 0 Å². The third-order valence-electron chi connectivity index (χ3n) is 10.9. The summed E-state index contributed by atoms with van der Waals surface area (Å²) in [5.41, 5.74) is 1.40. The van der Waals surface area contributed by atoms with Crippen LogP contribution in [-0.4, -0.2) is 0 Å². The summed E-state index contributed by atoms with van der Waals surface area (Å²) in [6, 6.07) is 0. The smallest absolute Gasteiger partial charge is 0.0264 e. The van der Waals surface area contributed by atoms with Crippen molar-refractivity contribution >= 4 is 0 Å². The molecule has 0 saturated heterocycles. The van der Waals surface area contributed by atoms with E-state index in [4.69, 9.17) is 0 Å². The first-order valence-corrected chi connectivity index (χ1v) is 13.0. The lowest BCUT2D eigenvalue weighted by atomic mass is 9.44. The van der Waals surface area contributed by atoms with Crippen molar-refractivity contribution in [2.75, 3.05) is 0 Å². The maximum Gasteiger partial charge on any atom is -0.0264 e. The van der Waals surface area contributed by atoms with E-state index in [9.17, 15) is 0 Å². The molecule has 0 aromatic carbocycles. The van der Waals surface area contributed by atoms with Gasteiger partial charge in [0.05, 0.1) is 0 Å². The monoisotopic (exact) mass is 372 g/mol. The average Bonchev–Trinajstić information content (AvgIpc) is 3.02. The number of fused-ring (bicyclic) bond motifs is 5. The molecule has 0 heteroatoms. The van der Waals surface area contributed by atoms with Crippen LogP contribution in [0.3, 0.4) is 0 Å². The topological polar surface area (TPSA) is 0 Å². The molecule has 0 heterocycles. The van der Waals surface area contributed by atoms with Crippen molar-refractivity contribution in [3.63, 3.8) is 0 Å². The van der Waals surface area contributed by atoms with E-state index in [-0.39, 0.29) is 0 Å². The summed E-state index contributed by atoms with van der Waals surface area (Å²) < 4.78 is 0. The third kappa shape index (κ3) is 3.44. The van der Waals surface area contributed by atoms with E-state index in [1.165, 1.54) is 44.9 Å². The largest absolute Gasteiger partial charge is 0.0654 e. The summed E-state index contributed by atoms with van der Waals surface area (Å²) in [6.45, 7) is 10.4. The van der Waals surface area contributed by atoms with Gasteiger partial charge in [0.1, 0.15) is 0 Å². The highest BCUT2D eigenvalue weighted by atomic mass is 14.6. The van der Waals surface area contributed by atoms with Gasteiger partial charge in [-0.1, -0.05) is 72.6 Å². The Balaban J connectivity index is 1.45. The Kier molecular flexibility index (Phi) is 6.03. The van der Waals surface area contributed by atoms with Crippen molar-refractivity contribution < 1.29 is 0 Å². The first-order valence-electron chi connectivity index (χ1n) is 13.0. The molecule has 4 aliphatic carbocycles. The van der Waals surface area contributed by atoms with Crippen molar-refractivity contribution in [1.82, 2.24) is 0 Å². The molecule has 4 aliphatic rings. The Hall–Kier alpha value is 0. The van der Waals surface area contributed by atoms with E-state index in [1.54, 1.807) is 51.4 Å². The van der Waals surface area contributed by atoms with Gasteiger partial charge in [-0.2, -0.15) is 0 Å². The van der Waals surface area contributed by atoms with Gasteiger partial charge in [0.25, 0.3) is 0 Å². The highest BCUT2D eigenvalue weighted by Gasteiger charge is 2.59. The van der Waals surface area contributed by atoms with E-state index >= 15 is 0 Å². The number of hydrogen-bond donors (Lipinski definition) is 0. The summed E-state index contributed by atoms with van der Waals surface area (Å²) in [4.78, 5) is 0. The Morgan fingerprint density at radius 3 is 2.41 bits per heavy atom. The first kappa shape index (κ1) is 20.3. The van der Waals surface area contributed by atoms with Crippen molar-refractivity contribution in [3.05, 3.63) is 0 Å². The van der Waals surface area contributed by atoms with E-state index in [1.807, 2.05) is 0 Å². The van der Waals surface area contributed by atoms with Crippen LogP contribution in [-0.2, 0) is 0 Å². The predicted octanol–water partition coefficient (Wildman–Crippen LogP) is 8.64. The average molecular weight is 373 g/mol. The lowest BCUT2D eigenvalue weighted by molar-refractivity contribution is -0.114. The van der Waals surface area contributed by atoms with Crippen LogP contribution in [0.25, 0.3) is 0 Å². The zero-order valence-electron chi connectivity index (χ0n) is 19.1. The normalized spacial score (nSPS) is 47.8. The molecule has 4 fully saturated rings. The molecule has 0 spiro atoms. The van der Waals surface area contributed by atoms with Crippen molar-refractivity contribution in [2.24, 2.45) is 46.3 Å². The fraction of sp³-hybridized carbons (Fsp3) is 1.00. The van der Waals surface area contributed by atoms with Gasteiger partial charge in [-0.05, 0) is 97.7 Å². The van der Waals surface area contributed by atoms with Crippen LogP contribution in [0.5, 0.6) is 0 Å². The van der Waals surface area contributed by atoms with Gasteiger partial charge in [-0.3, -0.25) is 0 Å². The Bertz CT molecular complexity index is 494. The van der Waals surface area contributed by atoms with Crippen molar-refractivity contribution in [3.8, 4) is 0 Å². The zero-order chi connectivity index (χ0) is 19.1. The molecule has 27 heavy (non-hydrogen) atoms. The maximum absolute atomic E-state index is 2.75. The zero-order valence-corrected chi connectivity index (χ0v) is 19.1. The Morgan fingerprint density at radius 1 is 0.778 bits per heavy atom. The molecule has 156 valence electrons. The minimum Gasteiger partial charge on any atom is -0.0654 e. The third-order valence-corrected chi connectivity index (χ3v) is 10.9. The Labute approximate surface area is 170 Å². The number of hydrogen-bond acceptors (Lipinski definition) is 0. The summed E-state index contributed by atoms with van der Waals surface area (Å²) >= 11 is 0. The molecular formula is C27H48. The molecule has 4 saturated carbocycles. The van der Waals surface area contributed by atoms with Gasteiger partial charge in [0.15, 0.2) is 0 Å². The summed E-state index contributed by atoms with van der Waals surface area (Å²) in [5, 5.41) is 0. The second-order valence-electron chi connectivity index (χ2n) is 12.0. The second-order valence-corrected chi connectivity index (χ2v) is 12.0. The molecule has 0 aliphatic heterocycles. The highest BCUT2D eigenvalue weighted by Crippen LogP contribution is 2.68. The van der Waals surface area contributed by atoms with Gasteiger partial charge in [-0.25, -0.2) is 0 Å². The van der Waals surface area contributed by atoms with Crippen LogP contribution in [0, 0.1) is 46.3 Å². The molecule has 8 unspecified atom stereocenters. The van der Waals surface area contributed by atoms with Crippen molar-refractivity contribution in [2.45, 2.75) is 124 Å². The first-order chi connectivity index (χ1) is 13.0. The molecule has 4 rings (SSSR count). The lowest BCUT2D eigenvalue weighted by Gasteiger charge is -2.61. The van der Waals surface area contributed by atoms with Crippen LogP contribution >= 0.6 is 0 Å². The quantitative estimate of drug-likeness (QED) is 0.409. The van der Waals surface area contributed by atoms with Gasteiger partial charge >= 0.3 is 0 Å². The molecule has 0 aromatic rings. The van der Waals surface area contributed by atoms with Gasteiger partial charge in [-0.15, -0.1) is 0 Å². The van der Waals surface area contributed by atoms with Crippen molar-refractivity contribution in [1.29, 1.82) is 0 Å². The van der Waals surface area contributed by atoms with Crippen LogP contribution in [0.2, 0.25) is 0 Å². The SMILES string of the molecule is CCCCCCC(C)C1CCC2C3CCC4CCCCC4(C)C3CCC12C. The summed E-state index contributed by atoms with van der Waals surface area (Å²) in [6.07, 6.45) is 22.9. The van der Waals surface area contributed by atoms with E-state index in [0.717, 1.165) is 35.5 Å². The van der Waals surface area contributed by atoms with E-state index < -0.39 is 0 Å². The minimum atomic E-state index is 0.684. The van der Waals surface area contributed by atoms with Gasteiger partial charge in [0, 0.05) is 0 Å².